The number of rotatable bonds is 3. The van der Waals surface area contributed by atoms with E-state index < -0.39 is 17.7 Å². The molecule has 1 N–H and O–H groups in total. The fourth-order valence-corrected chi connectivity index (χ4v) is 2.82. The van der Waals surface area contributed by atoms with Crippen LogP contribution in [0.1, 0.15) is 53.6 Å². The number of esters is 1. The summed E-state index contributed by atoms with van der Waals surface area (Å²) in [6, 6.07) is 2.09. The van der Waals surface area contributed by atoms with Crippen LogP contribution >= 0.6 is 0 Å². The van der Waals surface area contributed by atoms with Gasteiger partial charge in [-0.05, 0) is 37.5 Å². The molecule has 0 spiro atoms. The molecule has 1 fully saturated rings. The molecular formula is C16H20F3NO2. The fourth-order valence-electron chi connectivity index (χ4n) is 2.82. The standard InChI is InChI=1S/C16H20F3NO2/c1-10-13(15(21)22-2)8-11(16(17,18)19)9-14(10)20-12-6-4-3-5-7-12/h8-9,12,20H,3-7H2,1-2H3. The van der Waals surface area contributed by atoms with Gasteiger partial charge in [0.1, 0.15) is 0 Å². The van der Waals surface area contributed by atoms with Gasteiger partial charge in [-0.2, -0.15) is 13.2 Å². The number of methoxy groups -OCH3 is 1. The SMILES string of the molecule is COC(=O)c1cc(C(F)(F)F)cc(NC2CCCCC2)c1C. The number of hydrogen-bond acceptors (Lipinski definition) is 3. The summed E-state index contributed by atoms with van der Waals surface area (Å²) < 4.78 is 43.7. The van der Waals surface area contributed by atoms with E-state index in [4.69, 9.17) is 0 Å². The van der Waals surface area contributed by atoms with E-state index in [1.165, 1.54) is 0 Å². The Balaban J connectivity index is 2.39. The average molecular weight is 315 g/mol. The zero-order chi connectivity index (χ0) is 16.3. The van der Waals surface area contributed by atoms with Crippen molar-refractivity contribution in [1.29, 1.82) is 0 Å². The Bertz CT molecular complexity index is 549. The molecule has 0 aromatic heterocycles. The number of carbonyl (C=O) groups excluding carboxylic acids is 1. The van der Waals surface area contributed by atoms with Gasteiger partial charge in [0.2, 0.25) is 0 Å². The Labute approximate surface area is 127 Å². The lowest BCUT2D eigenvalue weighted by Gasteiger charge is -2.26. The number of ether oxygens (including phenoxy) is 1. The Hall–Kier alpha value is -1.72. The van der Waals surface area contributed by atoms with Crippen molar-refractivity contribution in [2.45, 2.75) is 51.2 Å². The summed E-state index contributed by atoms with van der Waals surface area (Å²) in [6.45, 7) is 1.64. The van der Waals surface area contributed by atoms with Crippen molar-refractivity contribution >= 4 is 11.7 Å². The fraction of sp³-hybridized carbons (Fsp3) is 0.562. The largest absolute Gasteiger partial charge is 0.465 e. The molecular weight excluding hydrogens is 295 g/mol. The number of alkyl halides is 3. The second kappa shape index (κ2) is 6.58. The molecule has 6 heteroatoms. The molecule has 122 valence electrons. The number of carbonyl (C=O) groups is 1. The lowest BCUT2D eigenvalue weighted by Crippen LogP contribution is -2.23. The summed E-state index contributed by atoms with van der Waals surface area (Å²) in [6.07, 6.45) is 0.665. The monoisotopic (exact) mass is 315 g/mol. The Morgan fingerprint density at radius 1 is 1.23 bits per heavy atom. The number of nitrogens with one attached hydrogen (secondary N) is 1. The highest BCUT2D eigenvalue weighted by molar-refractivity contribution is 5.93. The van der Waals surface area contributed by atoms with E-state index in [-0.39, 0.29) is 11.6 Å². The van der Waals surface area contributed by atoms with Gasteiger partial charge in [0.25, 0.3) is 0 Å². The summed E-state index contributed by atoms with van der Waals surface area (Å²) >= 11 is 0. The molecule has 0 atom stereocenters. The second-order valence-corrected chi connectivity index (χ2v) is 5.66. The first-order valence-corrected chi connectivity index (χ1v) is 7.39. The van der Waals surface area contributed by atoms with Crippen LogP contribution in [-0.4, -0.2) is 19.1 Å². The molecule has 2 rings (SSSR count). The van der Waals surface area contributed by atoms with Crippen LogP contribution in [0, 0.1) is 6.92 Å². The molecule has 22 heavy (non-hydrogen) atoms. The van der Waals surface area contributed by atoms with Gasteiger partial charge in [-0.25, -0.2) is 4.79 Å². The highest BCUT2D eigenvalue weighted by Gasteiger charge is 2.33. The van der Waals surface area contributed by atoms with Crippen LogP contribution in [0.15, 0.2) is 12.1 Å². The van der Waals surface area contributed by atoms with Crippen molar-refractivity contribution in [1.82, 2.24) is 0 Å². The molecule has 0 aliphatic heterocycles. The van der Waals surface area contributed by atoms with Crippen molar-refractivity contribution in [3.8, 4) is 0 Å². The first-order valence-electron chi connectivity index (χ1n) is 7.39. The van der Waals surface area contributed by atoms with E-state index in [9.17, 15) is 18.0 Å². The smallest absolute Gasteiger partial charge is 0.416 e. The molecule has 0 heterocycles. The zero-order valence-corrected chi connectivity index (χ0v) is 12.7. The molecule has 1 aromatic rings. The van der Waals surface area contributed by atoms with E-state index in [0.717, 1.165) is 51.3 Å². The van der Waals surface area contributed by atoms with Crippen LogP contribution in [0.4, 0.5) is 18.9 Å². The minimum absolute atomic E-state index is 0.0457. The van der Waals surface area contributed by atoms with E-state index in [1.807, 2.05) is 0 Å². The predicted octanol–water partition coefficient (Wildman–Crippen LogP) is 4.55. The van der Waals surface area contributed by atoms with Gasteiger partial charge < -0.3 is 10.1 Å². The van der Waals surface area contributed by atoms with Crippen LogP contribution < -0.4 is 5.32 Å². The van der Waals surface area contributed by atoms with Crippen molar-refractivity contribution in [3.63, 3.8) is 0 Å². The third kappa shape index (κ3) is 3.72. The highest BCUT2D eigenvalue weighted by atomic mass is 19.4. The highest BCUT2D eigenvalue weighted by Crippen LogP contribution is 2.35. The lowest BCUT2D eigenvalue weighted by molar-refractivity contribution is -0.137. The topological polar surface area (TPSA) is 38.3 Å². The predicted molar refractivity (Wildman–Crippen MR) is 78.0 cm³/mol. The van der Waals surface area contributed by atoms with Crippen LogP contribution in [-0.2, 0) is 10.9 Å². The molecule has 0 amide bonds. The Kier molecular flexibility index (Phi) is 4.98. The zero-order valence-electron chi connectivity index (χ0n) is 12.7. The molecule has 3 nitrogen and oxygen atoms in total. The molecule has 1 aliphatic carbocycles. The molecule has 1 saturated carbocycles. The summed E-state index contributed by atoms with van der Waals surface area (Å²) in [4.78, 5) is 11.7. The van der Waals surface area contributed by atoms with E-state index in [1.54, 1.807) is 6.92 Å². The lowest BCUT2D eigenvalue weighted by atomic mass is 9.94. The van der Waals surface area contributed by atoms with Crippen LogP contribution in [0.3, 0.4) is 0 Å². The number of halogens is 3. The van der Waals surface area contributed by atoms with Gasteiger partial charge in [0, 0.05) is 11.7 Å². The summed E-state index contributed by atoms with van der Waals surface area (Å²) in [5.74, 6) is -0.754. The quantitative estimate of drug-likeness (QED) is 0.832. The van der Waals surface area contributed by atoms with Crippen molar-refractivity contribution in [3.05, 3.63) is 28.8 Å². The first kappa shape index (κ1) is 16.6. The summed E-state index contributed by atoms with van der Waals surface area (Å²) in [7, 11) is 1.16. The molecule has 0 saturated heterocycles. The van der Waals surface area contributed by atoms with Crippen LogP contribution in [0.25, 0.3) is 0 Å². The van der Waals surface area contributed by atoms with Crippen molar-refractivity contribution < 1.29 is 22.7 Å². The van der Waals surface area contributed by atoms with Gasteiger partial charge in [0.15, 0.2) is 0 Å². The second-order valence-electron chi connectivity index (χ2n) is 5.66. The maximum atomic E-state index is 13.0. The third-order valence-electron chi connectivity index (χ3n) is 4.11. The summed E-state index contributed by atoms with van der Waals surface area (Å²) in [5.41, 5.74) is -0.0278. The van der Waals surface area contributed by atoms with Crippen LogP contribution in [0.5, 0.6) is 0 Å². The first-order chi connectivity index (χ1) is 10.3. The normalized spacial score (nSPS) is 16.4. The van der Waals surface area contributed by atoms with Crippen molar-refractivity contribution in [2.24, 2.45) is 0 Å². The number of hydrogen-bond donors (Lipinski definition) is 1. The van der Waals surface area contributed by atoms with Gasteiger partial charge in [0.05, 0.1) is 18.2 Å². The minimum Gasteiger partial charge on any atom is -0.465 e. The molecule has 1 aliphatic rings. The van der Waals surface area contributed by atoms with E-state index >= 15 is 0 Å². The van der Waals surface area contributed by atoms with Gasteiger partial charge >= 0.3 is 12.1 Å². The summed E-state index contributed by atoms with van der Waals surface area (Å²) in [5, 5.41) is 3.17. The molecule has 0 unspecified atom stereocenters. The minimum atomic E-state index is -4.50. The van der Waals surface area contributed by atoms with Crippen molar-refractivity contribution in [2.75, 3.05) is 12.4 Å². The maximum Gasteiger partial charge on any atom is 0.416 e. The Morgan fingerprint density at radius 2 is 1.86 bits per heavy atom. The average Bonchev–Trinajstić information content (AvgIpc) is 2.48. The maximum absolute atomic E-state index is 13.0. The van der Waals surface area contributed by atoms with E-state index in [2.05, 4.69) is 10.1 Å². The van der Waals surface area contributed by atoms with Gasteiger partial charge in [-0.3, -0.25) is 0 Å². The molecule has 0 bridgehead atoms. The van der Waals surface area contributed by atoms with Gasteiger partial charge in [-0.15, -0.1) is 0 Å². The van der Waals surface area contributed by atoms with E-state index in [0.29, 0.717) is 11.3 Å². The Morgan fingerprint density at radius 3 is 2.41 bits per heavy atom. The van der Waals surface area contributed by atoms with Gasteiger partial charge in [-0.1, -0.05) is 19.3 Å². The molecule has 0 radical (unpaired) electrons. The third-order valence-corrected chi connectivity index (χ3v) is 4.11. The number of benzene rings is 1. The molecule has 1 aromatic carbocycles. The number of anilines is 1. The van der Waals surface area contributed by atoms with Crippen LogP contribution in [0.2, 0.25) is 0 Å².